The van der Waals surface area contributed by atoms with Gasteiger partial charge in [-0.25, -0.2) is 4.98 Å². The Morgan fingerprint density at radius 3 is 2.80 bits per heavy atom. The number of aromatic nitrogens is 2. The fourth-order valence-electron chi connectivity index (χ4n) is 3.69. The van der Waals surface area contributed by atoms with E-state index in [0.29, 0.717) is 17.1 Å². The summed E-state index contributed by atoms with van der Waals surface area (Å²) in [7, 11) is 0. The van der Waals surface area contributed by atoms with E-state index in [-0.39, 0.29) is 5.41 Å². The summed E-state index contributed by atoms with van der Waals surface area (Å²) in [6.07, 6.45) is 4.74. The van der Waals surface area contributed by atoms with Crippen molar-refractivity contribution in [3.63, 3.8) is 0 Å². The van der Waals surface area contributed by atoms with Crippen molar-refractivity contribution >= 4 is 16.9 Å². The Hall–Kier alpha value is -1.88. The van der Waals surface area contributed by atoms with Gasteiger partial charge in [0.1, 0.15) is 11.3 Å². The number of aromatic amines is 1. The number of rotatable bonds is 2. The standard InChI is InChI=1S/C15H18N4O/c16-13(20)10-2-1-3-11-12(10)19-14(18-11)15-6-4-9(5-7-15)17-8-15/h1-3,9,17H,4-8H2,(H2,16,20)(H,18,19). The van der Waals surface area contributed by atoms with Gasteiger partial charge >= 0.3 is 0 Å². The zero-order chi connectivity index (χ0) is 13.7. The molecule has 5 nitrogen and oxygen atoms in total. The van der Waals surface area contributed by atoms with Crippen molar-refractivity contribution in [3.8, 4) is 0 Å². The van der Waals surface area contributed by atoms with E-state index < -0.39 is 5.91 Å². The predicted molar refractivity (Wildman–Crippen MR) is 76.5 cm³/mol. The van der Waals surface area contributed by atoms with Gasteiger partial charge in [-0.1, -0.05) is 6.07 Å². The third-order valence-corrected chi connectivity index (χ3v) is 4.95. The van der Waals surface area contributed by atoms with Gasteiger partial charge in [-0.15, -0.1) is 0 Å². The minimum atomic E-state index is -0.420. The molecule has 2 aliphatic heterocycles. The molecular formula is C15H18N4O. The van der Waals surface area contributed by atoms with Gasteiger partial charge in [-0.2, -0.15) is 0 Å². The van der Waals surface area contributed by atoms with Gasteiger partial charge in [0.05, 0.1) is 11.1 Å². The molecule has 1 amide bonds. The first-order chi connectivity index (χ1) is 9.68. The van der Waals surface area contributed by atoms with Crippen molar-refractivity contribution in [1.29, 1.82) is 0 Å². The van der Waals surface area contributed by atoms with E-state index in [2.05, 4.69) is 10.3 Å². The van der Waals surface area contributed by atoms with Crippen molar-refractivity contribution < 1.29 is 4.79 Å². The molecule has 2 bridgehead atoms. The van der Waals surface area contributed by atoms with Crippen molar-refractivity contribution in [2.24, 2.45) is 5.73 Å². The molecule has 4 N–H and O–H groups in total. The van der Waals surface area contributed by atoms with Crippen LogP contribution in [0.2, 0.25) is 0 Å². The second-order valence-corrected chi connectivity index (χ2v) is 6.09. The van der Waals surface area contributed by atoms with Crippen molar-refractivity contribution in [1.82, 2.24) is 15.3 Å². The van der Waals surface area contributed by atoms with Crippen LogP contribution in [-0.4, -0.2) is 28.5 Å². The maximum absolute atomic E-state index is 11.5. The highest BCUT2D eigenvalue weighted by molar-refractivity contribution is 6.04. The highest BCUT2D eigenvalue weighted by Crippen LogP contribution is 2.42. The van der Waals surface area contributed by atoms with Crippen LogP contribution in [0.15, 0.2) is 18.2 Å². The highest BCUT2D eigenvalue weighted by atomic mass is 16.1. The molecule has 3 aliphatic rings. The number of nitrogens with zero attached hydrogens (tertiary/aromatic N) is 1. The monoisotopic (exact) mass is 270 g/mol. The lowest BCUT2D eigenvalue weighted by atomic mass is 9.68. The number of carbonyl (C=O) groups excluding carboxylic acids is 1. The highest BCUT2D eigenvalue weighted by Gasteiger charge is 2.43. The Labute approximate surface area is 117 Å². The van der Waals surface area contributed by atoms with Gasteiger partial charge in [0.25, 0.3) is 5.91 Å². The number of primary amides is 1. The van der Waals surface area contributed by atoms with Gasteiger partial charge in [0.2, 0.25) is 0 Å². The summed E-state index contributed by atoms with van der Waals surface area (Å²) in [6.45, 7) is 0.976. The Balaban J connectivity index is 1.85. The second-order valence-electron chi connectivity index (χ2n) is 6.09. The van der Waals surface area contributed by atoms with Crippen LogP contribution in [0.4, 0.5) is 0 Å². The van der Waals surface area contributed by atoms with Gasteiger partial charge in [-0.05, 0) is 37.8 Å². The quantitative estimate of drug-likeness (QED) is 0.772. The first-order valence-corrected chi connectivity index (χ1v) is 7.20. The number of H-pyrrole nitrogens is 1. The topological polar surface area (TPSA) is 83.8 Å². The van der Waals surface area contributed by atoms with E-state index in [0.717, 1.165) is 30.7 Å². The van der Waals surface area contributed by atoms with Crippen molar-refractivity contribution in [2.45, 2.75) is 37.1 Å². The SMILES string of the molecule is NC(=O)c1cccc2[nH]c(C34CCC(CC3)NC4)nc12. The van der Waals surface area contributed by atoms with Gasteiger partial charge in [-0.3, -0.25) is 4.79 Å². The molecule has 3 heterocycles. The number of imidazole rings is 1. The summed E-state index contributed by atoms with van der Waals surface area (Å²) in [6, 6.07) is 6.22. The number of nitrogens with one attached hydrogen (secondary N) is 2. The van der Waals surface area contributed by atoms with Crippen LogP contribution in [0.5, 0.6) is 0 Å². The Kier molecular flexibility index (Phi) is 2.41. The molecule has 1 aromatic heterocycles. The van der Waals surface area contributed by atoms with Crippen molar-refractivity contribution in [3.05, 3.63) is 29.6 Å². The van der Waals surface area contributed by atoms with Crippen LogP contribution >= 0.6 is 0 Å². The fourth-order valence-corrected chi connectivity index (χ4v) is 3.69. The normalized spacial score (nSPS) is 28.9. The van der Waals surface area contributed by atoms with Crippen LogP contribution in [0.3, 0.4) is 0 Å². The molecule has 104 valence electrons. The number of nitrogens with two attached hydrogens (primary N) is 1. The maximum atomic E-state index is 11.5. The molecule has 0 radical (unpaired) electrons. The lowest BCUT2D eigenvalue weighted by Gasteiger charge is -2.45. The Morgan fingerprint density at radius 1 is 1.35 bits per heavy atom. The number of hydrogen-bond donors (Lipinski definition) is 3. The summed E-state index contributed by atoms with van der Waals surface area (Å²) < 4.78 is 0. The van der Waals surface area contributed by atoms with E-state index in [4.69, 9.17) is 10.7 Å². The van der Waals surface area contributed by atoms with Crippen LogP contribution < -0.4 is 11.1 Å². The van der Waals surface area contributed by atoms with E-state index in [1.165, 1.54) is 12.8 Å². The lowest BCUT2D eigenvalue weighted by Crippen LogP contribution is -2.54. The molecule has 0 atom stereocenters. The average molecular weight is 270 g/mol. The minimum Gasteiger partial charge on any atom is -0.366 e. The number of carbonyl (C=O) groups is 1. The number of fused-ring (bicyclic) bond motifs is 4. The zero-order valence-electron chi connectivity index (χ0n) is 11.3. The van der Waals surface area contributed by atoms with Crippen molar-refractivity contribution in [2.75, 3.05) is 6.54 Å². The molecule has 2 aromatic rings. The van der Waals surface area contributed by atoms with Gasteiger partial charge < -0.3 is 16.0 Å². The molecule has 1 aliphatic carbocycles. The fraction of sp³-hybridized carbons (Fsp3) is 0.467. The van der Waals surface area contributed by atoms with Gasteiger partial charge in [0.15, 0.2) is 0 Å². The van der Waals surface area contributed by atoms with Crippen LogP contribution in [0.1, 0.15) is 41.9 Å². The van der Waals surface area contributed by atoms with E-state index in [1.807, 2.05) is 12.1 Å². The number of benzene rings is 1. The smallest absolute Gasteiger partial charge is 0.250 e. The van der Waals surface area contributed by atoms with Crippen LogP contribution in [0.25, 0.3) is 11.0 Å². The third kappa shape index (κ3) is 1.59. The van der Waals surface area contributed by atoms with E-state index in [1.54, 1.807) is 6.07 Å². The maximum Gasteiger partial charge on any atom is 0.250 e. The van der Waals surface area contributed by atoms with Crippen LogP contribution in [0, 0.1) is 0 Å². The summed E-state index contributed by atoms with van der Waals surface area (Å²) in [5.41, 5.74) is 7.64. The van der Waals surface area contributed by atoms with Gasteiger partial charge in [0, 0.05) is 18.0 Å². The summed E-state index contributed by atoms with van der Waals surface area (Å²) in [4.78, 5) is 19.7. The minimum absolute atomic E-state index is 0.0999. The molecule has 5 heteroatoms. The molecule has 3 fully saturated rings. The first kappa shape index (κ1) is 11.9. The summed E-state index contributed by atoms with van der Waals surface area (Å²) >= 11 is 0. The molecule has 20 heavy (non-hydrogen) atoms. The lowest BCUT2D eigenvalue weighted by molar-refractivity contribution is 0.100. The molecular weight excluding hydrogens is 252 g/mol. The zero-order valence-corrected chi connectivity index (χ0v) is 11.3. The average Bonchev–Trinajstić information content (AvgIpc) is 2.93. The molecule has 5 rings (SSSR count). The Bertz CT molecular complexity index is 668. The third-order valence-electron chi connectivity index (χ3n) is 4.95. The van der Waals surface area contributed by atoms with E-state index >= 15 is 0 Å². The second kappa shape index (κ2) is 4.06. The molecule has 2 saturated heterocycles. The summed E-state index contributed by atoms with van der Waals surface area (Å²) in [5.74, 6) is 0.587. The molecule has 1 saturated carbocycles. The summed E-state index contributed by atoms with van der Waals surface area (Å²) in [5, 5.41) is 3.59. The molecule has 1 aromatic carbocycles. The Morgan fingerprint density at radius 2 is 2.15 bits per heavy atom. The molecule has 0 unspecified atom stereocenters. The largest absolute Gasteiger partial charge is 0.366 e. The number of piperidine rings is 2. The molecule has 0 spiro atoms. The first-order valence-electron chi connectivity index (χ1n) is 7.20. The number of hydrogen-bond acceptors (Lipinski definition) is 3. The predicted octanol–water partition coefficient (Wildman–Crippen LogP) is 1.45. The number of amides is 1. The number of para-hydroxylation sites is 1. The van der Waals surface area contributed by atoms with Crippen LogP contribution in [-0.2, 0) is 5.41 Å². The van der Waals surface area contributed by atoms with E-state index in [9.17, 15) is 4.79 Å².